The first-order valence-corrected chi connectivity index (χ1v) is 10.5. The summed E-state index contributed by atoms with van der Waals surface area (Å²) < 4.78 is 15.2. The molecule has 152 valence electrons. The highest BCUT2D eigenvalue weighted by Crippen LogP contribution is 2.34. The molecule has 2 N–H and O–H groups in total. The van der Waals surface area contributed by atoms with Gasteiger partial charge in [-0.25, -0.2) is 9.07 Å². The number of aryl methyl sites for hydroxylation is 1. The average Bonchev–Trinajstić information content (AvgIpc) is 3.10. The van der Waals surface area contributed by atoms with Gasteiger partial charge in [0.15, 0.2) is 0 Å². The van der Waals surface area contributed by atoms with Crippen LogP contribution in [0.5, 0.6) is 0 Å². The molecule has 0 radical (unpaired) electrons. The van der Waals surface area contributed by atoms with Crippen molar-refractivity contribution in [3.63, 3.8) is 0 Å². The number of aliphatic hydroxyl groups excluding tert-OH is 1. The molecule has 0 spiro atoms. The fourth-order valence-electron chi connectivity index (χ4n) is 4.80. The second-order valence-corrected chi connectivity index (χ2v) is 8.51. The highest BCUT2D eigenvalue weighted by Gasteiger charge is 2.33. The highest BCUT2D eigenvalue weighted by molar-refractivity contribution is 5.82. The fourth-order valence-corrected chi connectivity index (χ4v) is 4.80. The summed E-state index contributed by atoms with van der Waals surface area (Å²) in [6, 6.07) is 11.2. The number of aliphatic hydroxyl groups is 1. The number of nitrogens with one attached hydrogen (secondary N) is 1. The molecule has 1 aliphatic carbocycles. The van der Waals surface area contributed by atoms with Crippen molar-refractivity contribution in [2.24, 2.45) is 5.92 Å². The first kappa shape index (κ1) is 18.7. The van der Waals surface area contributed by atoms with E-state index in [2.05, 4.69) is 34.4 Å². The van der Waals surface area contributed by atoms with Crippen LogP contribution in [0.1, 0.15) is 30.0 Å². The molecular weight excluding hydrogens is 367 g/mol. The van der Waals surface area contributed by atoms with Gasteiger partial charge in [0.25, 0.3) is 0 Å². The lowest BCUT2D eigenvalue weighted by molar-refractivity contribution is 0.0122. The molecule has 2 heterocycles. The van der Waals surface area contributed by atoms with Crippen LogP contribution in [0.15, 0.2) is 42.6 Å². The third kappa shape index (κ3) is 3.56. The number of halogens is 1. The standard InChI is InChI=1S/C23H27FN4O/c1-15-8-22-17(12-26-28(22)19-4-2-18(24)3-5-19)11-21(15)23-13-25-6-7-27(23)14-16-9-20(29)10-16/h2-5,8,11-12,16,20,23,25,29H,6-7,9-10,13-14H2,1H3/t16-,20+,23-/m0/s1. The van der Waals surface area contributed by atoms with Gasteiger partial charge < -0.3 is 10.4 Å². The van der Waals surface area contributed by atoms with E-state index in [1.807, 2.05) is 10.9 Å². The molecule has 0 amide bonds. The predicted molar refractivity (Wildman–Crippen MR) is 112 cm³/mol. The van der Waals surface area contributed by atoms with Gasteiger partial charge in [-0.3, -0.25) is 4.90 Å². The Bertz CT molecular complexity index is 1010. The van der Waals surface area contributed by atoms with Crippen LogP contribution in [-0.4, -0.2) is 52.1 Å². The fraction of sp³-hybridized carbons (Fsp3) is 0.435. The van der Waals surface area contributed by atoms with E-state index in [1.165, 1.54) is 23.3 Å². The van der Waals surface area contributed by atoms with Gasteiger partial charge in [0.2, 0.25) is 0 Å². The van der Waals surface area contributed by atoms with Crippen LogP contribution in [0.3, 0.4) is 0 Å². The van der Waals surface area contributed by atoms with E-state index < -0.39 is 0 Å². The van der Waals surface area contributed by atoms with Gasteiger partial charge in [0.1, 0.15) is 5.82 Å². The Morgan fingerprint density at radius 3 is 2.76 bits per heavy atom. The number of hydrogen-bond donors (Lipinski definition) is 2. The van der Waals surface area contributed by atoms with Gasteiger partial charge in [-0.1, -0.05) is 0 Å². The van der Waals surface area contributed by atoms with Gasteiger partial charge in [0, 0.05) is 37.6 Å². The first-order valence-electron chi connectivity index (χ1n) is 10.5. The zero-order valence-corrected chi connectivity index (χ0v) is 16.7. The minimum Gasteiger partial charge on any atom is -0.393 e. The van der Waals surface area contributed by atoms with Crippen molar-refractivity contribution in [3.8, 4) is 5.69 Å². The van der Waals surface area contributed by atoms with E-state index in [0.717, 1.165) is 55.6 Å². The van der Waals surface area contributed by atoms with E-state index >= 15 is 0 Å². The second-order valence-electron chi connectivity index (χ2n) is 8.51. The summed E-state index contributed by atoms with van der Waals surface area (Å²) >= 11 is 0. The molecule has 2 aliphatic rings. The van der Waals surface area contributed by atoms with Crippen LogP contribution in [0, 0.1) is 18.7 Å². The van der Waals surface area contributed by atoms with E-state index in [4.69, 9.17) is 0 Å². The van der Waals surface area contributed by atoms with Crippen LogP contribution < -0.4 is 5.32 Å². The van der Waals surface area contributed by atoms with E-state index in [1.54, 1.807) is 12.1 Å². The molecule has 5 nitrogen and oxygen atoms in total. The van der Waals surface area contributed by atoms with Crippen LogP contribution in [0.25, 0.3) is 16.6 Å². The quantitative estimate of drug-likeness (QED) is 0.714. The number of nitrogens with zero attached hydrogens (tertiary/aromatic N) is 3. The summed E-state index contributed by atoms with van der Waals surface area (Å²) in [6.45, 7) is 6.19. The van der Waals surface area contributed by atoms with Gasteiger partial charge >= 0.3 is 0 Å². The van der Waals surface area contributed by atoms with Crippen molar-refractivity contribution in [2.45, 2.75) is 31.9 Å². The summed E-state index contributed by atoms with van der Waals surface area (Å²) in [7, 11) is 0. The van der Waals surface area contributed by atoms with E-state index in [9.17, 15) is 9.50 Å². The largest absolute Gasteiger partial charge is 0.393 e. The molecule has 5 rings (SSSR count). The number of piperazine rings is 1. The summed E-state index contributed by atoms with van der Waals surface area (Å²) in [5, 5.41) is 18.8. The zero-order chi connectivity index (χ0) is 20.0. The highest BCUT2D eigenvalue weighted by atomic mass is 19.1. The topological polar surface area (TPSA) is 53.3 Å². The van der Waals surface area contributed by atoms with E-state index in [-0.39, 0.29) is 11.9 Å². The van der Waals surface area contributed by atoms with Crippen molar-refractivity contribution in [1.82, 2.24) is 20.0 Å². The SMILES string of the molecule is Cc1cc2c(cnn2-c2ccc(F)cc2)cc1[C@@H]1CNCCN1C[C@H]1C[C@@H](O)C1. The van der Waals surface area contributed by atoms with Gasteiger partial charge in [-0.2, -0.15) is 5.10 Å². The Morgan fingerprint density at radius 1 is 1.21 bits per heavy atom. The third-order valence-corrected chi connectivity index (χ3v) is 6.44. The third-order valence-electron chi connectivity index (χ3n) is 6.44. The van der Waals surface area contributed by atoms with Crippen molar-refractivity contribution >= 4 is 10.9 Å². The Balaban J connectivity index is 1.46. The summed E-state index contributed by atoms with van der Waals surface area (Å²) in [5.41, 5.74) is 4.48. The molecule has 2 fully saturated rings. The number of hydrogen-bond acceptors (Lipinski definition) is 4. The Kier molecular flexibility index (Phi) is 4.86. The molecule has 3 aromatic rings. The molecule has 6 heteroatoms. The Labute approximate surface area is 170 Å². The minimum absolute atomic E-state index is 0.100. The lowest BCUT2D eigenvalue weighted by Gasteiger charge is -2.42. The first-order chi connectivity index (χ1) is 14.1. The second kappa shape index (κ2) is 7.52. The summed E-state index contributed by atoms with van der Waals surface area (Å²) in [4.78, 5) is 2.58. The maximum Gasteiger partial charge on any atom is 0.123 e. The smallest absolute Gasteiger partial charge is 0.123 e. The van der Waals surface area contributed by atoms with Gasteiger partial charge in [0.05, 0.1) is 23.5 Å². The van der Waals surface area contributed by atoms with Gasteiger partial charge in [-0.05, 0) is 73.2 Å². The number of rotatable bonds is 4. The maximum atomic E-state index is 13.3. The lowest BCUT2D eigenvalue weighted by Crippen LogP contribution is -2.49. The normalized spacial score (nSPS) is 25.3. The Hall–Kier alpha value is -2.28. The number of fused-ring (bicyclic) bond motifs is 1. The molecule has 29 heavy (non-hydrogen) atoms. The molecule has 1 saturated carbocycles. The average molecular weight is 394 g/mol. The van der Waals surface area contributed by atoms with Crippen molar-refractivity contribution < 1.29 is 9.50 Å². The van der Waals surface area contributed by atoms with E-state index in [0.29, 0.717) is 12.0 Å². The molecule has 1 atom stereocenters. The minimum atomic E-state index is -0.243. The van der Waals surface area contributed by atoms with Crippen molar-refractivity contribution in [1.29, 1.82) is 0 Å². The molecule has 0 unspecified atom stereocenters. The molecule has 2 aromatic carbocycles. The molecule has 0 bridgehead atoms. The number of benzene rings is 2. The van der Waals surface area contributed by atoms with Crippen LogP contribution in [0.4, 0.5) is 4.39 Å². The maximum absolute atomic E-state index is 13.3. The molecule has 1 saturated heterocycles. The van der Waals surface area contributed by atoms with Crippen LogP contribution >= 0.6 is 0 Å². The summed E-state index contributed by atoms with van der Waals surface area (Å²) in [5.74, 6) is 0.364. The molecule has 1 aliphatic heterocycles. The Morgan fingerprint density at radius 2 is 2.00 bits per heavy atom. The summed E-state index contributed by atoms with van der Waals surface area (Å²) in [6.07, 6.45) is 3.65. The van der Waals surface area contributed by atoms with Gasteiger partial charge in [-0.15, -0.1) is 0 Å². The van der Waals surface area contributed by atoms with Crippen LogP contribution in [0.2, 0.25) is 0 Å². The van der Waals surface area contributed by atoms with Crippen molar-refractivity contribution in [3.05, 3.63) is 59.5 Å². The lowest BCUT2D eigenvalue weighted by atomic mass is 9.81. The number of aromatic nitrogens is 2. The zero-order valence-electron chi connectivity index (χ0n) is 16.7. The molecule has 1 aromatic heterocycles. The van der Waals surface area contributed by atoms with Crippen molar-refractivity contribution in [2.75, 3.05) is 26.2 Å². The monoisotopic (exact) mass is 394 g/mol. The van der Waals surface area contributed by atoms with Crippen LogP contribution in [-0.2, 0) is 0 Å². The predicted octanol–water partition coefficient (Wildman–Crippen LogP) is 3.19. The molecular formula is C23H27FN4O.